The molecule has 2 rings (SSSR count). The quantitative estimate of drug-likeness (QED) is 0.817. The van der Waals surface area contributed by atoms with Gasteiger partial charge in [-0.05, 0) is 51.1 Å². The van der Waals surface area contributed by atoms with Gasteiger partial charge in [-0.15, -0.1) is 0 Å². The molecule has 2 heterocycles. The number of likely N-dealkylation sites (tertiary alicyclic amines) is 1. The number of anilines is 1. The van der Waals surface area contributed by atoms with Crippen molar-refractivity contribution in [3.05, 3.63) is 23.9 Å². The number of nitrogens with one attached hydrogen (secondary N) is 1. The van der Waals surface area contributed by atoms with Crippen molar-refractivity contribution in [2.24, 2.45) is 0 Å². The molecule has 1 aromatic heterocycles. The summed E-state index contributed by atoms with van der Waals surface area (Å²) in [5.74, 6) is 0.996. The van der Waals surface area contributed by atoms with Gasteiger partial charge in [-0.2, -0.15) is 0 Å². The molecule has 1 aliphatic rings. The van der Waals surface area contributed by atoms with Gasteiger partial charge in [-0.25, -0.2) is 4.98 Å². The van der Waals surface area contributed by atoms with Gasteiger partial charge in [0.1, 0.15) is 5.82 Å². The molecule has 1 atom stereocenters. The Morgan fingerprint density at radius 1 is 1.60 bits per heavy atom. The molecule has 0 bridgehead atoms. The van der Waals surface area contributed by atoms with Crippen LogP contribution in [0.4, 0.5) is 5.82 Å². The first-order valence-electron chi connectivity index (χ1n) is 5.62. The molecule has 0 saturated carbocycles. The molecule has 1 unspecified atom stereocenters. The van der Waals surface area contributed by atoms with Crippen LogP contribution in [0.1, 0.15) is 18.4 Å². The van der Waals surface area contributed by atoms with Crippen LogP contribution >= 0.6 is 0 Å². The van der Waals surface area contributed by atoms with Crippen LogP contribution in [0.15, 0.2) is 18.3 Å². The summed E-state index contributed by atoms with van der Waals surface area (Å²) in [6.07, 6.45) is 4.48. The van der Waals surface area contributed by atoms with Crippen LogP contribution in [-0.4, -0.2) is 36.1 Å². The SMILES string of the molecule is Cc1ccnc(NCC2CCCN2C)c1. The second kappa shape index (κ2) is 4.62. The summed E-state index contributed by atoms with van der Waals surface area (Å²) < 4.78 is 0. The topological polar surface area (TPSA) is 28.2 Å². The molecule has 82 valence electrons. The number of aryl methyl sites for hydroxylation is 1. The normalized spacial score (nSPS) is 21.9. The summed E-state index contributed by atoms with van der Waals surface area (Å²) in [6.45, 7) is 4.33. The zero-order valence-corrected chi connectivity index (χ0v) is 9.53. The summed E-state index contributed by atoms with van der Waals surface area (Å²) in [7, 11) is 2.20. The third-order valence-electron chi connectivity index (χ3n) is 3.11. The minimum Gasteiger partial charge on any atom is -0.368 e. The van der Waals surface area contributed by atoms with Crippen LogP contribution in [0.3, 0.4) is 0 Å². The number of likely N-dealkylation sites (N-methyl/N-ethyl adjacent to an activating group) is 1. The molecule has 3 nitrogen and oxygen atoms in total. The van der Waals surface area contributed by atoms with Crippen molar-refractivity contribution in [1.29, 1.82) is 0 Å². The highest BCUT2D eigenvalue weighted by atomic mass is 15.2. The average Bonchev–Trinajstić information content (AvgIpc) is 2.61. The fourth-order valence-electron chi connectivity index (χ4n) is 2.09. The van der Waals surface area contributed by atoms with E-state index in [4.69, 9.17) is 0 Å². The maximum Gasteiger partial charge on any atom is 0.126 e. The molecule has 1 aromatic rings. The largest absolute Gasteiger partial charge is 0.368 e. The highest BCUT2D eigenvalue weighted by Crippen LogP contribution is 2.15. The Morgan fingerprint density at radius 3 is 3.13 bits per heavy atom. The second-order valence-electron chi connectivity index (χ2n) is 4.38. The number of hydrogen-bond acceptors (Lipinski definition) is 3. The first-order valence-corrected chi connectivity index (χ1v) is 5.62. The van der Waals surface area contributed by atoms with Crippen LogP contribution < -0.4 is 5.32 Å². The molecule has 0 radical (unpaired) electrons. The Labute approximate surface area is 91.5 Å². The van der Waals surface area contributed by atoms with Crippen molar-refractivity contribution in [3.8, 4) is 0 Å². The number of pyridine rings is 1. The molecule has 0 aromatic carbocycles. The van der Waals surface area contributed by atoms with Crippen molar-refractivity contribution in [1.82, 2.24) is 9.88 Å². The number of hydrogen-bond donors (Lipinski definition) is 1. The molecule has 1 fully saturated rings. The minimum absolute atomic E-state index is 0.673. The van der Waals surface area contributed by atoms with E-state index in [-0.39, 0.29) is 0 Å². The zero-order valence-electron chi connectivity index (χ0n) is 9.53. The van der Waals surface area contributed by atoms with Gasteiger partial charge < -0.3 is 10.2 Å². The second-order valence-corrected chi connectivity index (χ2v) is 4.38. The highest BCUT2D eigenvalue weighted by molar-refractivity contribution is 5.37. The molecule has 0 aliphatic carbocycles. The summed E-state index contributed by atoms with van der Waals surface area (Å²) in [6, 6.07) is 4.79. The summed E-state index contributed by atoms with van der Waals surface area (Å²) in [4.78, 5) is 6.72. The lowest BCUT2D eigenvalue weighted by molar-refractivity contribution is 0.322. The van der Waals surface area contributed by atoms with E-state index < -0.39 is 0 Å². The van der Waals surface area contributed by atoms with E-state index in [1.165, 1.54) is 24.9 Å². The smallest absolute Gasteiger partial charge is 0.126 e. The molecule has 1 N–H and O–H groups in total. The highest BCUT2D eigenvalue weighted by Gasteiger charge is 2.20. The number of nitrogens with zero attached hydrogens (tertiary/aromatic N) is 2. The Hall–Kier alpha value is -1.09. The van der Waals surface area contributed by atoms with Crippen LogP contribution in [0.5, 0.6) is 0 Å². The lowest BCUT2D eigenvalue weighted by atomic mass is 10.2. The van der Waals surface area contributed by atoms with Gasteiger partial charge in [0.05, 0.1) is 0 Å². The van der Waals surface area contributed by atoms with Crippen LogP contribution in [0, 0.1) is 6.92 Å². The third-order valence-corrected chi connectivity index (χ3v) is 3.11. The monoisotopic (exact) mass is 205 g/mol. The lowest BCUT2D eigenvalue weighted by Gasteiger charge is -2.19. The maximum atomic E-state index is 4.30. The molecular weight excluding hydrogens is 186 g/mol. The Kier molecular flexibility index (Phi) is 3.21. The Morgan fingerprint density at radius 2 is 2.47 bits per heavy atom. The maximum absolute atomic E-state index is 4.30. The predicted octanol–water partition coefficient (Wildman–Crippen LogP) is 1.90. The first-order chi connectivity index (χ1) is 7.25. The van der Waals surface area contributed by atoms with Gasteiger partial charge in [-0.1, -0.05) is 0 Å². The van der Waals surface area contributed by atoms with Gasteiger partial charge in [0.15, 0.2) is 0 Å². The standard InChI is InChI=1S/C12H19N3/c1-10-5-6-13-12(8-10)14-9-11-4-3-7-15(11)2/h5-6,8,11H,3-4,7,9H2,1-2H3,(H,13,14). The van der Waals surface area contributed by atoms with Crippen molar-refractivity contribution >= 4 is 5.82 Å². The van der Waals surface area contributed by atoms with E-state index in [2.05, 4.69) is 35.2 Å². The van der Waals surface area contributed by atoms with E-state index in [0.29, 0.717) is 6.04 Å². The lowest BCUT2D eigenvalue weighted by Crippen LogP contribution is -2.31. The Balaban J connectivity index is 1.87. The van der Waals surface area contributed by atoms with Crippen LogP contribution in [-0.2, 0) is 0 Å². The molecule has 0 amide bonds. The zero-order chi connectivity index (χ0) is 10.7. The molecular formula is C12H19N3. The van der Waals surface area contributed by atoms with E-state index in [9.17, 15) is 0 Å². The van der Waals surface area contributed by atoms with E-state index >= 15 is 0 Å². The molecule has 0 spiro atoms. The van der Waals surface area contributed by atoms with Crippen molar-refractivity contribution in [3.63, 3.8) is 0 Å². The summed E-state index contributed by atoms with van der Waals surface area (Å²) in [5, 5.41) is 3.41. The van der Waals surface area contributed by atoms with Gasteiger partial charge in [0.2, 0.25) is 0 Å². The van der Waals surface area contributed by atoms with Gasteiger partial charge in [0, 0.05) is 18.8 Å². The van der Waals surface area contributed by atoms with E-state index in [1.807, 2.05) is 12.3 Å². The average molecular weight is 205 g/mol. The van der Waals surface area contributed by atoms with Crippen LogP contribution in [0.25, 0.3) is 0 Å². The van der Waals surface area contributed by atoms with E-state index in [0.717, 1.165) is 12.4 Å². The number of rotatable bonds is 3. The molecule has 1 saturated heterocycles. The summed E-state index contributed by atoms with van der Waals surface area (Å²) >= 11 is 0. The summed E-state index contributed by atoms with van der Waals surface area (Å²) in [5.41, 5.74) is 1.26. The first kappa shape index (κ1) is 10.4. The van der Waals surface area contributed by atoms with Gasteiger partial charge in [0.25, 0.3) is 0 Å². The third kappa shape index (κ3) is 2.69. The van der Waals surface area contributed by atoms with Crippen molar-refractivity contribution in [2.75, 3.05) is 25.5 Å². The molecule has 3 heteroatoms. The van der Waals surface area contributed by atoms with Crippen LogP contribution in [0.2, 0.25) is 0 Å². The molecule has 15 heavy (non-hydrogen) atoms. The Bertz CT molecular complexity index is 324. The van der Waals surface area contributed by atoms with Crippen molar-refractivity contribution in [2.45, 2.75) is 25.8 Å². The fraction of sp³-hybridized carbons (Fsp3) is 0.583. The van der Waals surface area contributed by atoms with Gasteiger partial charge in [-0.3, -0.25) is 0 Å². The number of aromatic nitrogens is 1. The van der Waals surface area contributed by atoms with E-state index in [1.54, 1.807) is 0 Å². The minimum atomic E-state index is 0.673. The molecule has 1 aliphatic heterocycles. The predicted molar refractivity (Wildman–Crippen MR) is 63.1 cm³/mol. The fourth-order valence-corrected chi connectivity index (χ4v) is 2.09. The van der Waals surface area contributed by atoms with Gasteiger partial charge >= 0.3 is 0 Å². The van der Waals surface area contributed by atoms with Crippen molar-refractivity contribution < 1.29 is 0 Å².